The van der Waals surface area contributed by atoms with E-state index in [-0.39, 0.29) is 23.9 Å². The SMILES string of the molecule is C=CC(=O)Nc1ccc(N(C)CCN(C)C)cc1C1NNC2CC(c3c(Cl)c(OC)cc(OC)c3Cl)CCC21. The van der Waals surface area contributed by atoms with Crippen LogP contribution in [0.15, 0.2) is 36.9 Å². The number of likely N-dealkylation sites (N-methyl/N-ethyl adjacent to an activating group) is 2. The van der Waals surface area contributed by atoms with E-state index in [1.54, 1.807) is 20.3 Å². The van der Waals surface area contributed by atoms with Gasteiger partial charge in [0.1, 0.15) is 11.5 Å². The summed E-state index contributed by atoms with van der Waals surface area (Å²) in [5.41, 5.74) is 10.9. The topological polar surface area (TPSA) is 78.1 Å². The normalized spacial score (nSPS) is 22.4. The number of hydrazine groups is 1. The number of ether oxygens (including phenoxy) is 2. The molecule has 4 atom stereocenters. The van der Waals surface area contributed by atoms with Crippen molar-refractivity contribution in [1.29, 1.82) is 0 Å². The highest BCUT2D eigenvalue weighted by Gasteiger charge is 2.43. The molecule has 3 N–H and O–H groups in total. The van der Waals surface area contributed by atoms with E-state index in [1.807, 2.05) is 6.07 Å². The van der Waals surface area contributed by atoms with Gasteiger partial charge in [-0.3, -0.25) is 10.2 Å². The van der Waals surface area contributed by atoms with Crippen LogP contribution >= 0.6 is 23.2 Å². The van der Waals surface area contributed by atoms with Crippen LogP contribution < -0.4 is 30.5 Å². The fourth-order valence-electron chi connectivity index (χ4n) is 5.72. The maximum atomic E-state index is 12.3. The maximum Gasteiger partial charge on any atom is 0.247 e. The molecule has 212 valence electrons. The molecular weight excluding hydrogens is 537 g/mol. The number of fused-ring (bicyclic) bond motifs is 1. The van der Waals surface area contributed by atoms with Crippen molar-refractivity contribution >= 4 is 40.5 Å². The van der Waals surface area contributed by atoms with Crippen molar-refractivity contribution < 1.29 is 14.3 Å². The number of hydrogen-bond acceptors (Lipinski definition) is 7. The predicted molar refractivity (Wildman–Crippen MR) is 160 cm³/mol. The standard InChI is InChI=1S/C29H39Cl2N5O3/c1-7-25(37)32-21-11-9-18(36(4)13-12-35(2)3)15-20(21)29-19-10-8-17(14-22(19)33-34-29)26-27(30)23(38-5)16-24(39-6)28(26)31/h7,9,11,15-17,19,22,29,33-34H,1,8,10,12-14H2,2-6H3,(H,32,37). The van der Waals surface area contributed by atoms with Gasteiger partial charge in [0.15, 0.2) is 0 Å². The number of amides is 1. The minimum atomic E-state index is -0.229. The van der Waals surface area contributed by atoms with Gasteiger partial charge in [0.25, 0.3) is 0 Å². The van der Waals surface area contributed by atoms with Crippen molar-refractivity contribution in [1.82, 2.24) is 15.8 Å². The molecule has 0 radical (unpaired) electrons. The van der Waals surface area contributed by atoms with Crippen LogP contribution in [0.5, 0.6) is 11.5 Å². The first-order valence-electron chi connectivity index (χ1n) is 13.2. The summed E-state index contributed by atoms with van der Waals surface area (Å²) in [6.07, 6.45) is 4.00. The number of nitrogens with one attached hydrogen (secondary N) is 3. The van der Waals surface area contributed by atoms with Crippen LogP contribution in [0.1, 0.15) is 42.3 Å². The predicted octanol–water partition coefficient (Wildman–Crippen LogP) is 5.23. The van der Waals surface area contributed by atoms with Gasteiger partial charge in [0, 0.05) is 49.2 Å². The van der Waals surface area contributed by atoms with Crippen LogP contribution in [-0.4, -0.2) is 65.3 Å². The van der Waals surface area contributed by atoms with E-state index >= 15 is 0 Å². The lowest BCUT2D eigenvalue weighted by Crippen LogP contribution is -2.35. The molecule has 4 rings (SSSR count). The molecule has 0 bridgehead atoms. The Balaban J connectivity index is 1.61. The number of halogens is 2. The molecule has 0 aromatic heterocycles. The van der Waals surface area contributed by atoms with Gasteiger partial charge in [-0.1, -0.05) is 29.8 Å². The molecule has 0 spiro atoms. The largest absolute Gasteiger partial charge is 0.495 e. The number of anilines is 2. The van der Waals surface area contributed by atoms with E-state index in [0.717, 1.165) is 54.9 Å². The highest BCUT2D eigenvalue weighted by atomic mass is 35.5. The Kier molecular flexibility index (Phi) is 9.67. The van der Waals surface area contributed by atoms with E-state index in [4.69, 9.17) is 32.7 Å². The number of carbonyl (C=O) groups excluding carboxylic acids is 1. The van der Waals surface area contributed by atoms with Gasteiger partial charge >= 0.3 is 0 Å². The molecule has 2 fully saturated rings. The summed E-state index contributed by atoms with van der Waals surface area (Å²) in [7, 11) is 9.42. The molecular formula is C29H39Cl2N5O3. The summed E-state index contributed by atoms with van der Waals surface area (Å²) in [5, 5.41) is 4.09. The summed E-state index contributed by atoms with van der Waals surface area (Å²) < 4.78 is 11.0. The number of hydrogen-bond donors (Lipinski definition) is 3. The van der Waals surface area contributed by atoms with Crippen LogP contribution in [0.3, 0.4) is 0 Å². The molecule has 2 aromatic rings. The zero-order chi connectivity index (χ0) is 28.3. The third-order valence-electron chi connectivity index (χ3n) is 7.91. The lowest BCUT2D eigenvalue weighted by atomic mass is 9.72. The molecule has 1 heterocycles. The third-order valence-corrected chi connectivity index (χ3v) is 8.69. The summed E-state index contributed by atoms with van der Waals surface area (Å²) in [6.45, 7) is 5.45. The first-order valence-corrected chi connectivity index (χ1v) is 14.0. The molecule has 39 heavy (non-hydrogen) atoms. The van der Waals surface area contributed by atoms with E-state index in [1.165, 1.54) is 6.08 Å². The Labute approximate surface area is 241 Å². The van der Waals surface area contributed by atoms with E-state index in [9.17, 15) is 4.79 Å². The zero-order valence-corrected chi connectivity index (χ0v) is 24.8. The molecule has 1 aliphatic carbocycles. The molecule has 1 aliphatic heterocycles. The summed E-state index contributed by atoms with van der Waals surface area (Å²) in [4.78, 5) is 16.7. The second kappa shape index (κ2) is 12.8. The Morgan fingerprint density at radius 1 is 1.08 bits per heavy atom. The fourth-order valence-corrected chi connectivity index (χ4v) is 6.53. The number of benzene rings is 2. The minimum absolute atomic E-state index is 0.0176. The summed E-state index contributed by atoms with van der Waals surface area (Å²) >= 11 is 13.5. The van der Waals surface area contributed by atoms with Crippen LogP contribution in [-0.2, 0) is 4.79 Å². The van der Waals surface area contributed by atoms with Gasteiger partial charge in [0.05, 0.1) is 30.3 Å². The molecule has 10 heteroatoms. The van der Waals surface area contributed by atoms with Crippen molar-refractivity contribution in [3.8, 4) is 11.5 Å². The Morgan fingerprint density at radius 3 is 2.38 bits per heavy atom. The second-order valence-electron chi connectivity index (χ2n) is 10.6. The van der Waals surface area contributed by atoms with E-state index in [2.05, 4.69) is 65.8 Å². The monoisotopic (exact) mass is 575 g/mol. The number of rotatable bonds is 10. The smallest absolute Gasteiger partial charge is 0.247 e. The van der Waals surface area contributed by atoms with Crippen molar-refractivity contribution in [2.45, 2.75) is 37.3 Å². The fraction of sp³-hybridized carbons (Fsp3) is 0.483. The quantitative estimate of drug-likeness (QED) is 0.334. The minimum Gasteiger partial charge on any atom is -0.495 e. The zero-order valence-electron chi connectivity index (χ0n) is 23.3. The van der Waals surface area contributed by atoms with Gasteiger partial charge < -0.3 is 24.6 Å². The summed E-state index contributed by atoms with van der Waals surface area (Å²) in [5.74, 6) is 1.35. The molecule has 4 unspecified atom stereocenters. The van der Waals surface area contributed by atoms with Gasteiger partial charge in [-0.15, -0.1) is 0 Å². The van der Waals surface area contributed by atoms with Crippen LogP contribution in [0.2, 0.25) is 10.0 Å². The lowest BCUT2D eigenvalue weighted by Gasteiger charge is -2.35. The van der Waals surface area contributed by atoms with Crippen LogP contribution in [0.25, 0.3) is 0 Å². The molecule has 1 amide bonds. The van der Waals surface area contributed by atoms with Crippen LogP contribution in [0, 0.1) is 5.92 Å². The molecule has 1 saturated carbocycles. The third kappa shape index (κ3) is 6.31. The molecule has 8 nitrogen and oxygen atoms in total. The van der Waals surface area contributed by atoms with Gasteiger partial charge in [-0.2, -0.15) is 0 Å². The highest BCUT2D eigenvalue weighted by molar-refractivity contribution is 6.38. The van der Waals surface area contributed by atoms with Gasteiger partial charge in [-0.25, -0.2) is 5.43 Å². The van der Waals surface area contributed by atoms with Crippen molar-refractivity contribution in [3.05, 3.63) is 58.1 Å². The van der Waals surface area contributed by atoms with E-state index in [0.29, 0.717) is 27.5 Å². The number of methoxy groups -OCH3 is 2. The van der Waals surface area contributed by atoms with Gasteiger partial charge in [-0.05, 0) is 75.0 Å². The van der Waals surface area contributed by atoms with Crippen molar-refractivity contribution in [2.24, 2.45) is 5.92 Å². The number of nitrogens with zero attached hydrogens (tertiary/aromatic N) is 2. The second-order valence-corrected chi connectivity index (χ2v) is 11.3. The Morgan fingerprint density at radius 2 is 1.77 bits per heavy atom. The average molecular weight is 577 g/mol. The first-order chi connectivity index (χ1) is 18.7. The van der Waals surface area contributed by atoms with Crippen molar-refractivity contribution in [3.63, 3.8) is 0 Å². The summed E-state index contributed by atoms with van der Waals surface area (Å²) in [6, 6.07) is 8.16. The average Bonchev–Trinajstić information content (AvgIpc) is 3.35. The molecule has 1 saturated heterocycles. The molecule has 2 aromatic carbocycles. The lowest BCUT2D eigenvalue weighted by molar-refractivity contribution is -0.111. The highest BCUT2D eigenvalue weighted by Crippen LogP contribution is 2.51. The van der Waals surface area contributed by atoms with Crippen LogP contribution in [0.4, 0.5) is 11.4 Å². The van der Waals surface area contributed by atoms with E-state index < -0.39 is 0 Å². The van der Waals surface area contributed by atoms with Crippen molar-refractivity contribution in [2.75, 3.05) is 58.7 Å². The first kappa shape index (κ1) is 29.5. The maximum absolute atomic E-state index is 12.3. The molecule has 2 aliphatic rings. The van der Waals surface area contributed by atoms with Gasteiger partial charge in [0.2, 0.25) is 5.91 Å². The Hall–Kier alpha value is -2.49. The number of carbonyl (C=O) groups is 1. The Bertz CT molecular complexity index is 1180.